The van der Waals surface area contributed by atoms with Crippen molar-refractivity contribution in [2.75, 3.05) is 34.3 Å². The van der Waals surface area contributed by atoms with Gasteiger partial charge in [-0.25, -0.2) is 8.78 Å². The zero-order valence-electron chi connectivity index (χ0n) is 17.6. The lowest BCUT2D eigenvalue weighted by Crippen LogP contribution is -2.32. The number of likely N-dealkylation sites (tertiary alicyclic amines) is 1. The van der Waals surface area contributed by atoms with E-state index in [1.807, 2.05) is 19.0 Å². The third-order valence-corrected chi connectivity index (χ3v) is 5.16. The molecule has 1 fully saturated rings. The summed E-state index contributed by atoms with van der Waals surface area (Å²) in [5.41, 5.74) is 0.351. The Morgan fingerprint density at radius 3 is 2.39 bits per heavy atom. The molecule has 0 aromatic heterocycles. The quantitative estimate of drug-likeness (QED) is 0.415. The van der Waals surface area contributed by atoms with Gasteiger partial charge in [0.25, 0.3) is 11.7 Å². The fourth-order valence-electron chi connectivity index (χ4n) is 3.63. The minimum atomic E-state index is -0.909. The van der Waals surface area contributed by atoms with Crippen molar-refractivity contribution in [3.8, 4) is 5.75 Å². The van der Waals surface area contributed by atoms with E-state index in [9.17, 15) is 23.5 Å². The summed E-state index contributed by atoms with van der Waals surface area (Å²) in [5, 5.41) is 10.9. The number of aliphatic hydroxyl groups is 1. The number of carbonyl (C=O) groups is 2. The van der Waals surface area contributed by atoms with Crippen LogP contribution in [0.1, 0.15) is 23.6 Å². The molecule has 0 spiro atoms. The van der Waals surface area contributed by atoms with Crippen molar-refractivity contribution in [2.24, 2.45) is 0 Å². The summed E-state index contributed by atoms with van der Waals surface area (Å²) < 4.78 is 32.6. The van der Waals surface area contributed by atoms with Gasteiger partial charge in [-0.1, -0.05) is 12.1 Å². The first kappa shape index (κ1) is 22.4. The van der Waals surface area contributed by atoms with Crippen LogP contribution in [0.5, 0.6) is 5.75 Å². The van der Waals surface area contributed by atoms with Crippen molar-refractivity contribution in [1.82, 2.24) is 9.80 Å². The number of aliphatic hydroxyl groups excluding tert-OH is 1. The summed E-state index contributed by atoms with van der Waals surface area (Å²) in [7, 11) is 5.10. The molecule has 3 rings (SSSR count). The number of carbonyl (C=O) groups excluding carboxylic acids is 2. The van der Waals surface area contributed by atoms with E-state index in [1.165, 1.54) is 48.4 Å². The molecular formula is C23H24F2N2O4. The topological polar surface area (TPSA) is 70.1 Å². The number of benzene rings is 2. The number of hydrogen-bond acceptors (Lipinski definition) is 5. The van der Waals surface area contributed by atoms with Crippen LogP contribution >= 0.6 is 0 Å². The highest BCUT2D eigenvalue weighted by atomic mass is 19.1. The minimum Gasteiger partial charge on any atom is -0.507 e. The largest absolute Gasteiger partial charge is 0.507 e. The lowest BCUT2D eigenvalue weighted by molar-refractivity contribution is -0.139. The molecule has 1 atom stereocenters. The van der Waals surface area contributed by atoms with E-state index in [0.717, 1.165) is 6.07 Å². The van der Waals surface area contributed by atoms with Gasteiger partial charge in [0.1, 0.15) is 11.6 Å². The van der Waals surface area contributed by atoms with Gasteiger partial charge < -0.3 is 19.6 Å². The molecule has 0 aliphatic carbocycles. The first-order valence-corrected chi connectivity index (χ1v) is 9.77. The van der Waals surface area contributed by atoms with Gasteiger partial charge in [-0.3, -0.25) is 9.59 Å². The first-order valence-electron chi connectivity index (χ1n) is 9.77. The monoisotopic (exact) mass is 430 g/mol. The van der Waals surface area contributed by atoms with E-state index in [2.05, 4.69) is 0 Å². The van der Waals surface area contributed by atoms with Crippen LogP contribution in [-0.4, -0.2) is 60.9 Å². The zero-order chi connectivity index (χ0) is 22.7. The zero-order valence-corrected chi connectivity index (χ0v) is 17.6. The molecule has 0 bridgehead atoms. The molecule has 2 aromatic carbocycles. The molecule has 1 N–H and O–H groups in total. The average molecular weight is 430 g/mol. The molecule has 6 nitrogen and oxygen atoms in total. The third-order valence-electron chi connectivity index (χ3n) is 5.16. The van der Waals surface area contributed by atoms with Crippen molar-refractivity contribution >= 4 is 17.4 Å². The van der Waals surface area contributed by atoms with Crippen LogP contribution in [0.2, 0.25) is 0 Å². The molecule has 31 heavy (non-hydrogen) atoms. The molecule has 1 aliphatic heterocycles. The number of methoxy groups -OCH3 is 1. The Hall–Kier alpha value is -3.26. The Morgan fingerprint density at radius 1 is 1.13 bits per heavy atom. The van der Waals surface area contributed by atoms with Crippen molar-refractivity contribution < 1.29 is 28.2 Å². The number of ether oxygens (including phenoxy) is 1. The molecule has 1 unspecified atom stereocenters. The second-order valence-corrected chi connectivity index (χ2v) is 7.55. The Kier molecular flexibility index (Phi) is 6.70. The van der Waals surface area contributed by atoms with Gasteiger partial charge >= 0.3 is 0 Å². The Morgan fingerprint density at radius 2 is 1.81 bits per heavy atom. The highest BCUT2D eigenvalue weighted by Gasteiger charge is 2.45. The highest BCUT2D eigenvalue weighted by molar-refractivity contribution is 6.46. The van der Waals surface area contributed by atoms with Gasteiger partial charge in [0.2, 0.25) is 0 Å². The van der Waals surface area contributed by atoms with Crippen molar-refractivity contribution in [3.05, 3.63) is 70.8 Å². The first-order chi connectivity index (χ1) is 14.7. The van der Waals surface area contributed by atoms with E-state index in [4.69, 9.17) is 4.74 Å². The number of halogens is 2. The van der Waals surface area contributed by atoms with Gasteiger partial charge in [0, 0.05) is 12.1 Å². The van der Waals surface area contributed by atoms with Crippen LogP contribution in [0.15, 0.2) is 48.0 Å². The predicted octanol–water partition coefficient (Wildman–Crippen LogP) is 3.35. The van der Waals surface area contributed by atoms with E-state index in [-0.39, 0.29) is 23.4 Å². The molecule has 0 radical (unpaired) electrons. The lowest BCUT2D eigenvalue weighted by atomic mass is 9.95. The van der Waals surface area contributed by atoms with E-state index >= 15 is 0 Å². The fourth-order valence-corrected chi connectivity index (χ4v) is 3.63. The fraction of sp³-hybridized carbons (Fsp3) is 0.304. The van der Waals surface area contributed by atoms with Crippen LogP contribution in [0.4, 0.5) is 8.78 Å². The second kappa shape index (κ2) is 9.26. The molecule has 164 valence electrons. The summed E-state index contributed by atoms with van der Waals surface area (Å²) in [6.07, 6.45) is 0.592. The van der Waals surface area contributed by atoms with Crippen LogP contribution < -0.4 is 4.74 Å². The molecule has 2 aromatic rings. The van der Waals surface area contributed by atoms with Crippen LogP contribution in [0.3, 0.4) is 0 Å². The number of nitrogens with zero attached hydrogens (tertiary/aromatic N) is 2. The summed E-state index contributed by atoms with van der Waals surface area (Å²) >= 11 is 0. The predicted molar refractivity (Wildman–Crippen MR) is 112 cm³/mol. The number of ketones is 1. The van der Waals surface area contributed by atoms with Gasteiger partial charge in [-0.15, -0.1) is 0 Å². The smallest absolute Gasteiger partial charge is 0.295 e. The molecule has 1 heterocycles. The van der Waals surface area contributed by atoms with Crippen LogP contribution in [0.25, 0.3) is 5.76 Å². The molecule has 1 saturated heterocycles. The molecule has 8 heteroatoms. The van der Waals surface area contributed by atoms with Gasteiger partial charge in [-0.05, 0) is 63.0 Å². The highest BCUT2D eigenvalue weighted by Crippen LogP contribution is 2.39. The SMILES string of the molecule is COc1ccc(/C(O)=C2\C(=O)C(=O)N(CCCN(C)C)C2c2ccc(F)cc2)cc1F. The minimum absolute atomic E-state index is 0.0178. The average Bonchev–Trinajstić information content (AvgIpc) is 2.98. The molecule has 1 amide bonds. The Balaban J connectivity index is 2.10. The molecule has 1 aliphatic rings. The molecule has 0 saturated carbocycles. The summed E-state index contributed by atoms with van der Waals surface area (Å²) in [6.45, 7) is 0.946. The van der Waals surface area contributed by atoms with E-state index < -0.39 is 35.1 Å². The summed E-state index contributed by atoms with van der Waals surface area (Å²) in [6, 6.07) is 8.23. The third kappa shape index (κ3) is 4.59. The molecular weight excluding hydrogens is 406 g/mol. The van der Waals surface area contributed by atoms with Crippen molar-refractivity contribution in [1.29, 1.82) is 0 Å². The van der Waals surface area contributed by atoms with Gasteiger partial charge in [-0.2, -0.15) is 0 Å². The number of hydrogen-bond donors (Lipinski definition) is 1. The van der Waals surface area contributed by atoms with Crippen molar-refractivity contribution in [2.45, 2.75) is 12.5 Å². The normalized spacial score (nSPS) is 18.1. The number of Topliss-reactive ketones (excluding diaryl/α,β-unsaturated/α-hetero) is 1. The summed E-state index contributed by atoms with van der Waals surface area (Å²) in [4.78, 5) is 29.0. The van der Waals surface area contributed by atoms with Crippen molar-refractivity contribution in [3.63, 3.8) is 0 Å². The number of rotatable bonds is 7. The maximum absolute atomic E-state index is 14.2. The lowest BCUT2D eigenvalue weighted by Gasteiger charge is -2.26. The summed E-state index contributed by atoms with van der Waals surface area (Å²) in [5.74, 6) is -3.33. The van der Waals surface area contributed by atoms with Gasteiger partial charge in [0.15, 0.2) is 11.6 Å². The standard InChI is InChI=1S/C23H24F2N2O4/c1-26(2)11-4-12-27-20(14-5-8-16(24)9-6-14)19(22(29)23(27)30)21(28)15-7-10-18(31-3)17(25)13-15/h5-10,13,20,28H,4,11-12H2,1-3H3/b21-19+. The van der Waals surface area contributed by atoms with Crippen LogP contribution in [0, 0.1) is 11.6 Å². The van der Waals surface area contributed by atoms with E-state index in [1.54, 1.807) is 0 Å². The van der Waals surface area contributed by atoms with E-state index in [0.29, 0.717) is 18.5 Å². The maximum atomic E-state index is 14.2. The van der Waals surface area contributed by atoms with Gasteiger partial charge in [0.05, 0.1) is 18.7 Å². The van der Waals surface area contributed by atoms with Crippen LogP contribution in [-0.2, 0) is 9.59 Å². The number of amides is 1. The second-order valence-electron chi connectivity index (χ2n) is 7.55. The Bertz CT molecular complexity index is 1020. The Labute approximate surface area is 179 Å². The maximum Gasteiger partial charge on any atom is 0.295 e.